The summed E-state index contributed by atoms with van der Waals surface area (Å²) in [4.78, 5) is 0. The number of hydrogen-bond acceptors (Lipinski definition) is 6. The summed E-state index contributed by atoms with van der Waals surface area (Å²) in [6.07, 6.45) is 5.86. The molecule has 2 rings (SSSR count). The molecule has 1 aromatic heterocycles. The molecule has 0 unspecified atom stereocenters. The number of aromatic nitrogens is 2. The summed E-state index contributed by atoms with van der Waals surface area (Å²) in [5, 5.41) is 13.1. The van der Waals surface area contributed by atoms with Crippen molar-refractivity contribution in [1.82, 2.24) is 10.2 Å². The lowest BCUT2D eigenvalue weighted by Gasteiger charge is -2.26. The summed E-state index contributed by atoms with van der Waals surface area (Å²) >= 11 is 1.59. The molecular formula is C12H22N4OS. The molecule has 0 aromatic carbocycles. The van der Waals surface area contributed by atoms with Crippen molar-refractivity contribution in [3.05, 3.63) is 5.01 Å². The number of anilines is 1. The van der Waals surface area contributed by atoms with E-state index in [1.807, 2.05) is 6.92 Å². The Morgan fingerprint density at radius 3 is 2.78 bits per heavy atom. The van der Waals surface area contributed by atoms with Gasteiger partial charge in [-0.3, -0.25) is 0 Å². The van der Waals surface area contributed by atoms with Crippen LogP contribution in [0.4, 0.5) is 5.13 Å². The van der Waals surface area contributed by atoms with Crippen LogP contribution >= 0.6 is 11.3 Å². The Labute approximate surface area is 112 Å². The fourth-order valence-electron chi connectivity index (χ4n) is 2.14. The van der Waals surface area contributed by atoms with E-state index in [2.05, 4.69) is 15.5 Å². The Bertz CT molecular complexity index is 350. The third-order valence-corrected chi connectivity index (χ3v) is 3.99. The first kappa shape index (κ1) is 13.7. The summed E-state index contributed by atoms with van der Waals surface area (Å²) in [6, 6.07) is 0.396. The molecule has 6 heteroatoms. The number of nitrogens with zero attached hydrogens (tertiary/aromatic N) is 2. The third kappa shape index (κ3) is 4.51. The second-order valence-corrected chi connectivity index (χ2v) is 6.00. The van der Waals surface area contributed by atoms with E-state index in [-0.39, 0.29) is 0 Å². The minimum atomic E-state index is 0.396. The van der Waals surface area contributed by atoms with Gasteiger partial charge in [-0.2, -0.15) is 0 Å². The molecule has 1 aliphatic rings. The first-order valence-corrected chi connectivity index (χ1v) is 7.47. The topological polar surface area (TPSA) is 73.1 Å². The molecule has 0 bridgehead atoms. The molecule has 0 aliphatic heterocycles. The molecule has 3 N–H and O–H groups in total. The molecular weight excluding hydrogens is 248 g/mol. The second-order valence-electron chi connectivity index (χ2n) is 4.81. The van der Waals surface area contributed by atoms with E-state index in [1.165, 1.54) is 0 Å². The number of aryl methyl sites for hydroxylation is 1. The van der Waals surface area contributed by atoms with Crippen molar-refractivity contribution in [1.29, 1.82) is 0 Å². The summed E-state index contributed by atoms with van der Waals surface area (Å²) < 4.78 is 5.85. The highest BCUT2D eigenvalue weighted by Crippen LogP contribution is 2.20. The van der Waals surface area contributed by atoms with Crippen LogP contribution in [0.3, 0.4) is 0 Å². The van der Waals surface area contributed by atoms with Crippen LogP contribution in [0, 0.1) is 6.92 Å². The molecule has 18 heavy (non-hydrogen) atoms. The van der Waals surface area contributed by atoms with E-state index in [0.717, 1.165) is 55.4 Å². The largest absolute Gasteiger partial charge is 0.378 e. The van der Waals surface area contributed by atoms with E-state index in [9.17, 15) is 0 Å². The molecule has 0 radical (unpaired) electrons. The zero-order chi connectivity index (χ0) is 12.8. The highest BCUT2D eigenvalue weighted by Gasteiger charge is 2.18. The third-order valence-electron chi connectivity index (χ3n) is 3.20. The van der Waals surface area contributed by atoms with Crippen molar-refractivity contribution in [2.24, 2.45) is 5.73 Å². The van der Waals surface area contributed by atoms with Gasteiger partial charge >= 0.3 is 0 Å². The van der Waals surface area contributed by atoms with Gasteiger partial charge < -0.3 is 15.8 Å². The van der Waals surface area contributed by atoms with Crippen molar-refractivity contribution in [2.45, 2.75) is 51.2 Å². The molecule has 1 heterocycles. The maximum atomic E-state index is 5.86. The standard InChI is InChI=1S/C12H22N4OS/c1-9-15-16-12(18-9)14-7-2-8-17-11-5-3-10(13)4-6-11/h10-11H,2-8,13H2,1H3,(H,14,16). The quantitative estimate of drug-likeness (QED) is 0.773. The van der Waals surface area contributed by atoms with Gasteiger partial charge in [-0.15, -0.1) is 10.2 Å². The van der Waals surface area contributed by atoms with Gasteiger partial charge in [0.25, 0.3) is 0 Å². The van der Waals surface area contributed by atoms with Crippen LogP contribution in [0.15, 0.2) is 0 Å². The van der Waals surface area contributed by atoms with Crippen molar-refractivity contribution >= 4 is 16.5 Å². The molecule has 0 atom stereocenters. The highest BCUT2D eigenvalue weighted by molar-refractivity contribution is 7.15. The summed E-state index contributed by atoms with van der Waals surface area (Å²) in [5.74, 6) is 0. The van der Waals surface area contributed by atoms with Gasteiger partial charge in [-0.1, -0.05) is 11.3 Å². The van der Waals surface area contributed by atoms with Crippen LogP contribution < -0.4 is 11.1 Å². The summed E-state index contributed by atoms with van der Waals surface area (Å²) in [5.41, 5.74) is 5.86. The van der Waals surface area contributed by atoms with Crippen LogP contribution in [0.2, 0.25) is 0 Å². The van der Waals surface area contributed by atoms with Crippen LogP contribution in [-0.4, -0.2) is 35.5 Å². The Balaban J connectivity index is 1.51. The maximum Gasteiger partial charge on any atom is 0.205 e. The van der Waals surface area contributed by atoms with E-state index < -0.39 is 0 Å². The van der Waals surface area contributed by atoms with Gasteiger partial charge in [0, 0.05) is 19.2 Å². The summed E-state index contributed by atoms with van der Waals surface area (Å²) in [7, 11) is 0. The van der Waals surface area contributed by atoms with E-state index >= 15 is 0 Å². The SMILES string of the molecule is Cc1nnc(NCCCOC2CCC(N)CC2)s1. The molecule has 102 valence electrons. The van der Waals surface area contributed by atoms with Gasteiger partial charge in [-0.25, -0.2) is 0 Å². The first-order chi connectivity index (χ1) is 8.74. The Kier molecular flexibility index (Phi) is 5.34. The molecule has 5 nitrogen and oxygen atoms in total. The number of rotatable bonds is 6. The average molecular weight is 270 g/mol. The van der Waals surface area contributed by atoms with Crippen LogP contribution in [0.5, 0.6) is 0 Å². The fraction of sp³-hybridized carbons (Fsp3) is 0.833. The van der Waals surface area contributed by atoms with Crippen molar-refractivity contribution in [2.75, 3.05) is 18.5 Å². The van der Waals surface area contributed by atoms with E-state index in [4.69, 9.17) is 10.5 Å². The van der Waals surface area contributed by atoms with Crippen LogP contribution in [0.1, 0.15) is 37.1 Å². The smallest absolute Gasteiger partial charge is 0.205 e. The predicted octanol–water partition coefficient (Wildman–Crippen LogP) is 1.94. The fourth-order valence-corrected chi connectivity index (χ4v) is 2.76. The number of ether oxygens (including phenoxy) is 1. The van der Waals surface area contributed by atoms with Crippen LogP contribution in [-0.2, 0) is 4.74 Å². The number of nitrogens with two attached hydrogens (primary N) is 1. The van der Waals surface area contributed by atoms with Gasteiger partial charge in [0.05, 0.1) is 6.10 Å². The predicted molar refractivity (Wildman–Crippen MR) is 73.9 cm³/mol. The number of hydrogen-bond donors (Lipinski definition) is 2. The minimum Gasteiger partial charge on any atom is -0.378 e. The van der Waals surface area contributed by atoms with Gasteiger partial charge in [0.2, 0.25) is 5.13 Å². The zero-order valence-corrected chi connectivity index (χ0v) is 11.7. The average Bonchev–Trinajstić information content (AvgIpc) is 2.77. The second kappa shape index (κ2) is 7.01. The van der Waals surface area contributed by atoms with Gasteiger partial charge in [0.1, 0.15) is 5.01 Å². The monoisotopic (exact) mass is 270 g/mol. The minimum absolute atomic E-state index is 0.396. The molecule has 1 aromatic rings. The lowest BCUT2D eigenvalue weighted by molar-refractivity contribution is 0.0251. The molecule has 0 saturated heterocycles. The molecule has 1 aliphatic carbocycles. The normalized spacial score (nSPS) is 24.1. The molecule has 0 amide bonds. The Morgan fingerprint density at radius 2 is 2.11 bits per heavy atom. The molecule has 1 fully saturated rings. The lowest BCUT2D eigenvalue weighted by Crippen LogP contribution is -2.30. The Hall–Kier alpha value is -0.720. The number of nitrogens with one attached hydrogen (secondary N) is 1. The molecule has 0 spiro atoms. The molecule has 1 saturated carbocycles. The maximum absolute atomic E-state index is 5.86. The lowest BCUT2D eigenvalue weighted by atomic mass is 9.94. The van der Waals surface area contributed by atoms with Crippen LogP contribution in [0.25, 0.3) is 0 Å². The summed E-state index contributed by atoms with van der Waals surface area (Å²) in [6.45, 7) is 3.66. The zero-order valence-electron chi connectivity index (χ0n) is 10.9. The van der Waals surface area contributed by atoms with Gasteiger partial charge in [0.15, 0.2) is 0 Å². The van der Waals surface area contributed by atoms with E-state index in [1.54, 1.807) is 11.3 Å². The van der Waals surface area contributed by atoms with Crippen molar-refractivity contribution in [3.8, 4) is 0 Å². The van der Waals surface area contributed by atoms with E-state index in [0.29, 0.717) is 12.1 Å². The Morgan fingerprint density at radius 1 is 1.33 bits per heavy atom. The van der Waals surface area contributed by atoms with Crippen molar-refractivity contribution < 1.29 is 4.74 Å². The van der Waals surface area contributed by atoms with Crippen molar-refractivity contribution in [3.63, 3.8) is 0 Å². The first-order valence-electron chi connectivity index (χ1n) is 6.65. The highest BCUT2D eigenvalue weighted by atomic mass is 32.1. The van der Waals surface area contributed by atoms with Gasteiger partial charge in [-0.05, 0) is 39.0 Å².